The van der Waals surface area contributed by atoms with Crippen molar-refractivity contribution in [3.63, 3.8) is 0 Å². The van der Waals surface area contributed by atoms with Crippen LogP contribution in [0.4, 0.5) is 0 Å². The summed E-state index contributed by atoms with van der Waals surface area (Å²) in [6.45, 7) is 1.63. The summed E-state index contributed by atoms with van der Waals surface area (Å²) in [5.41, 5.74) is -1.64. The number of hydrogen-bond donors (Lipinski definition) is 4. The van der Waals surface area contributed by atoms with E-state index in [4.69, 9.17) is 25.2 Å². The molecule has 0 fully saturated rings. The first-order chi connectivity index (χ1) is 14.5. The molecule has 31 heavy (non-hydrogen) atoms. The lowest BCUT2D eigenvalue weighted by Gasteiger charge is -2.18. The Labute approximate surface area is 183 Å². The van der Waals surface area contributed by atoms with Gasteiger partial charge in [0.1, 0.15) is 6.10 Å². The number of thiophene rings is 1. The number of rotatable bonds is 11. The normalized spacial score (nSPS) is 12.2. The first-order valence-corrected chi connectivity index (χ1v) is 10.0. The van der Waals surface area contributed by atoms with Gasteiger partial charge in [0.15, 0.2) is 5.60 Å². The van der Waals surface area contributed by atoms with Gasteiger partial charge >= 0.3 is 17.9 Å². The van der Waals surface area contributed by atoms with Crippen molar-refractivity contribution in [1.82, 2.24) is 14.7 Å². The monoisotopic (exact) mass is 457 g/mol. The van der Waals surface area contributed by atoms with Crippen LogP contribution in [0.25, 0.3) is 0 Å². The predicted octanol–water partition coefficient (Wildman–Crippen LogP) is 0.901. The number of carboxylic acids is 3. The Hall–Kier alpha value is -2.80. The summed E-state index contributed by atoms with van der Waals surface area (Å²) in [7, 11) is 6.05. The van der Waals surface area contributed by atoms with Gasteiger partial charge in [-0.25, -0.2) is 4.79 Å². The van der Waals surface area contributed by atoms with E-state index in [1.54, 1.807) is 11.3 Å². The molecule has 1 atom stereocenters. The van der Waals surface area contributed by atoms with Crippen LogP contribution in [0.5, 0.6) is 0 Å². The van der Waals surface area contributed by atoms with Gasteiger partial charge in [-0.3, -0.25) is 14.3 Å². The number of nitrogens with zero attached hydrogens (tertiary/aromatic N) is 3. The van der Waals surface area contributed by atoms with Crippen LogP contribution >= 0.6 is 11.3 Å². The standard InChI is InChI=1S/C13H19N3OS.C6H8O7/c1-15(2)8-9-17-13(12-5-4-10-18-12)11-6-7-14-16(11)3;7-3(8)1-6(13,5(11)12)2-4(9)10/h4-7,10,13H,8-9H2,1-3H3;13H,1-2H2,(H,7,8)(H,9,10)(H,11,12)/t13-;/m1./s1. The highest BCUT2D eigenvalue weighted by Gasteiger charge is 2.40. The molecule has 172 valence electrons. The minimum atomic E-state index is -2.74. The number of carbonyl (C=O) groups is 3. The van der Waals surface area contributed by atoms with Crippen LogP contribution < -0.4 is 0 Å². The predicted molar refractivity (Wildman–Crippen MR) is 111 cm³/mol. The van der Waals surface area contributed by atoms with Gasteiger partial charge in [0.25, 0.3) is 0 Å². The molecule has 2 rings (SSSR count). The molecule has 0 aromatic carbocycles. The van der Waals surface area contributed by atoms with E-state index in [9.17, 15) is 14.4 Å². The molecule has 2 aromatic rings. The second-order valence-corrected chi connectivity index (χ2v) is 7.91. The quantitative estimate of drug-likeness (QED) is 0.381. The van der Waals surface area contributed by atoms with Gasteiger partial charge in [-0.15, -0.1) is 11.3 Å². The number of carboxylic acid groups (broad SMARTS) is 3. The van der Waals surface area contributed by atoms with Crippen LogP contribution in [0.3, 0.4) is 0 Å². The molecule has 0 unspecified atom stereocenters. The van der Waals surface area contributed by atoms with Crippen molar-refractivity contribution < 1.29 is 39.5 Å². The Morgan fingerprint density at radius 2 is 1.81 bits per heavy atom. The van der Waals surface area contributed by atoms with Crippen molar-refractivity contribution >= 4 is 29.2 Å². The van der Waals surface area contributed by atoms with Crippen molar-refractivity contribution in [2.45, 2.75) is 24.5 Å². The summed E-state index contributed by atoms with van der Waals surface area (Å²) in [4.78, 5) is 33.8. The summed E-state index contributed by atoms with van der Waals surface area (Å²) in [5.74, 6) is -5.02. The van der Waals surface area contributed by atoms with E-state index in [2.05, 4.69) is 27.5 Å². The van der Waals surface area contributed by atoms with E-state index in [-0.39, 0.29) is 6.10 Å². The molecule has 0 aliphatic carbocycles. The fraction of sp³-hybridized carbons (Fsp3) is 0.474. The van der Waals surface area contributed by atoms with Crippen LogP contribution in [-0.4, -0.2) is 85.9 Å². The van der Waals surface area contributed by atoms with E-state index < -0.39 is 36.4 Å². The summed E-state index contributed by atoms with van der Waals surface area (Å²) in [6.07, 6.45) is -0.494. The third kappa shape index (κ3) is 8.84. The number of aryl methyl sites for hydroxylation is 1. The third-order valence-corrected chi connectivity index (χ3v) is 4.95. The number of likely N-dealkylation sites (N-methyl/N-ethyl adjacent to an activating group) is 1. The van der Waals surface area contributed by atoms with Gasteiger partial charge in [-0.05, 0) is 31.6 Å². The molecule has 11 nitrogen and oxygen atoms in total. The number of ether oxygens (including phenoxy) is 1. The number of aromatic nitrogens is 2. The highest BCUT2D eigenvalue weighted by atomic mass is 32.1. The molecule has 0 spiro atoms. The lowest BCUT2D eigenvalue weighted by molar-refractivity contribution is -0.170. The van der Waals surface area contributed by atoms with Gasteiger partial charge in [-0.1, -0.05) is 6.07 Å². The smallest absolute Gasteiger partial charge is 0.336 e. The third-order valence-electron chi connectivity index (χ3n) is 4.04. The number of hydrogen-bond acceptors (Lipinski definition) is 8. The van der Waals surface area contributed by atoms with Crippen molar-refractivity contribution in [3.05, 3.63) is 40.3 Å². The number of aliphatic carboxylic acids is 3. The van der Waals surface area contributed by atoms with Crippen LogP contribution in [0.1, 0.15) is 29.5 Å². The topological polar surface area (TPSA) is 162 Å². The minimum absolute atomic E-state index is 0.0163. The fourth-order valence-corrected chi connectivity index (χ4v) is 3.25. The van der Waals surface area contributed by atoms with Crippen LogP contribution in [0, 0.1) is 0 Å². The molecule has 0 saturated carbocycles. The molecule has 4 N–H and O–H groups in total. The highest BCUT2D eigenvalue weighted by molar-refractivity contribution is 7.10. The van der Waals surface area contributed by atoms with E-state index in [1.165, 1.54) is 4.88 Å². The molecule has 2 heterocycles. The van der Waals surface area contributed by atoms with Crippen molar-refractivity contribution in [1.29, 1.82) is 0 Å². The van der Waals surface area contributed by atoms with Gasteiger partial charge in [0.05, 0.1) is 25.1 Å². The fourth-order valence-electron chi connectivity index (χ4n) is 2.46. The van der Waals surface area contributed by atoms with Crippen molar-refractivity contribution in [2.75, 3.05) is 27.2 Å². The molecule has 0 bridgehead atoms. The van der Waals surface area contributed by atoms with Gasteiger partial charge in [0, 0.05) is 24.7 Å². The van der Waals surface area contributed by atoms with Crippen LogP contribution in [0.15, 0.2) is 29.8 Å². The van der Waals surface area contributed by atoms with E-state index in [1.807, 2.05) is 38.1 Å². The molecule has 0 aliphatic heterocycles. The van der Waals surface area contributed by atoms with E-state index in [0.717, 1.165) is 12.2 Å². The Kier molecular flexibility index (Phi) is 10.3. The van der Waals surface area contributed by atoms with Crippen LogP contribution in [0.2, 0.25) is 0 Å². The summed E-state index contributed by atoms with van der Waals surface area (Å²) in [6, 6.07) is 6.18. The Morgan fingerprint density at radius 3 is 2.19 bits per heavy atom. The Balaban J connectivity index is 0.000000330. The largest absolute Gasteiger partial charge is 0.481 e. The summed E-state index contributed by atoms with van der Waals surface area (Å²) in [5, 5.41) is 40.1. The molecule has 12 heteroatoms. The van der Waals surface area contributed by atoms with Gasteiger partial charge in [-0.2, -0.15) is 5.10 Å². The van der Waals surface area contributed by atoms with Crippen molar-refractivity contribution in [2.24, 2.45) is 7.05 Å². The second-order valence-electron chi connectivity index (χ2n) is 6.93. The average molecular weight is 458 g/mol. The highest BCUT2D eigenvalue weighted by Crippen LogP contribution is 2.28. The van der Waals surface area contributed by atoms with Crippen LogP contribution in [-0.2, 0) is 26.2 Å². The first-order valence-electron chi connectivity index (χ1n) is 9.13. The number of aliphatic hydroxyl groups is 1. The Bertz CT molecular complexity index is 834. The van der Waals surface area contributed by atoms with Crippen molar-refractivity contribution in [3.8, 4) is 0 Å². The molecular formula is C19H27N3O8S. The zero-order valence-corrected chi connectivity index (χ0v) is 18.3. The molecule has 0 aliphatic rings. The van der Waals surface area contributed by atoms with E-state index >= 15 is 0 Å². The lowest BCUT2D eigenvalue weighted by atomic mass is 9.96. The SMILES string of the molecule is CN(C)CCO[C@@H](c1cccs1)c1ccnn1C.O=C(O)CC(O)(CC(=O)O)C(=O)O. The molecule has 2 aromatic heterocycles. The zero-order valence-electron chi connectivity index (χ0n) is 17.5. The Morgan fingerprint density at radius 1 is 1.19 bits per heavy atom. The molecule has 0 saturated heterocycles. The average Bonchev–Trinajstić information content (AvgIpc) is 3.29. The molecular weight excluding hydrogens is 430 g/mol. The maximum atomic E-state index is 10.3. The zero-order chi connectivity index (χ0) is 23.6. The van der Waals surface area contributed by atoms with Gasteiger partial charge < -0.3 is 30.1 Å². The minimum Gasteiger partial charge on any atom is -0.481 e. The second kappa shape index (κ2) is 12.2. The maximum Gasteiger partial charge on any atom is 0.336 e. The molecule has 0 radical (unpaired) electrons. The van der Waals surface area contributed by atoms with Gasteiger partial charge in [0.2, 0.25) is 0 Å². The summed E-state index contributed by atoms with van der Waals surface area (Å²) >= 11 is 1.72. The maximum absolute atomic E-state index is 10.3. The van der Waals surface area contributed by atoms with E-state index in [0.29, 0.717) is 6.61 Å². The lowest BCUT2D eigenvalue weighted by Crippen LogP contribution is -2.42. The molecule has 0 amide bonds. The summed E-state index contributed by atoms with van der Waals surface area (Å²) < 4.78 is 7.91. The first kappa shape index (κ1) is 26.2.